The van der Waals surface area contributed by atoms with E-state index >= 15 is 0 Å². The van der Waals surface area contributed by atoms with Gasteiger partial charge in [-0.25, -0.2) is 0 Å². The van der Waals surface area contributed by atoms with Gasteiger partial charge in [-0.1, -0.05) is 51.1 Å². The third-order valence-electron chi connectivity index (χ3n) is 5.18. The lowest BCUT2D eigenvalue weighted by molar-refractivity contribution is -0.147. The molecule has 2 aromatic rings. The molecule has 0 fully saturated rings. The fourth-order valence-electron chi connectivity index (χ4n) is 2.97. The maximum atomic E-state index is 12.2. The van der Waals surface area contributed by atoms with Crippen LogP contribution in [0.5, 0.6) is 0 Å². The van der Waals surface area contributed by atoms with E-state index in [1.807, 2.05) is 51.1 Å². The van der Waals surface area contributed by atoms with E-state index in [4.69, 9.17) is 4.74 Å². The Hall–Kier alpha value is -3.15. The summed E-state index contributed by atoms with van der Waals surface area (Å²) in [6.07, 6.45) is 0. The van der Waals surface area contributed by atoms with Crippen LogP contribution < -0.4 is 10.6 Å². The predicted molar refractivity (Wildman–Crippen MR) is 121 cm³/mol. The van der Waals surface area contributed by atoms with Crippen LogP contribution in [0.3, 0.4) is 0 Å². The Kier molecular flexibility index (Phi) is 7.97. The predicted octanol–water partition coefficient (Wildman–Crippen LogP) is 3.75. The quantitative estimate of drug-likeness (QED) is 0.663. The Morgan fingerprint density at radius 1 is 0.968 bits per heavy atom. The molecule has 0 bridgehead atoms. The highest BCUT2D eigenvalue weighted by Crippen LogP contribution is 2.22. The molecule has 0 radical (unpaired) electrons. The van der Waals surface area contributed by atoms with Gasteiger partial charge in [-0.05, 0) is 60.6 Å². The normalized spacial score (nSPS) is 12.1. The maximum Gasteiger partial charge on any atom is 0.325 e. The molecular weight excluding hydrogens is 392 g/mol. The molecule has 31 heavy (non-hydrogen) atoms. The van der Waals surface area contributed by atoms with Gasteiger partial charge in [-0.15, -0.1) is 0 Å². The highest BCUT2D eigenvalue weighted by molar-refractivity contribution is 5.96. The number of rotatable bonds is 7. The third-order valence-corrected chi connectivity index (χ3v) is 5.18. The van der Waals surface area contributed by atoms with Crippen LogP contribution in [0.2, 0.25) is 0 Å². The summed E-state index contributed by atoms with van der Waals surface area (Å²) in [4.78, 5) is 36.2. The first kappa shape index (κ1) is 24.1. The summed E-state index contributed by atoms with van der Waals surface area (Å²) < 4.78 is 4.97. The van der Waals surface area contributed by atoms with Crippen molar-refractivity contribution in [1.82, 2.24) is 10.6 Å². The van der Waals surface area contributed by atoms with Gasteiger partial charge in [0.25, 0.3) is 11.8 Å². The zero-order chi connectivity index (χ0) is 23.2. The molecule has 2 aromatic carbocycles. The molecule has 0 heterocycles. The van der Waals surface area contributed by atoms with Crippen molar-refractivity contribution in [3.05, 3.63) is 70.3 Å². The Morgan fingerprint density at radius 2 is 1.61 bits per heavy atom. The Balaban J connectivity index is 1.76. The van der Waals surface area contributed by atoms with Gasteiger partial charge in [0.15, 0.2) is 6.61 Å². The molecular formula is C25H32N2O4. The van der Waals surface area contributed by atoms with E-state index in [0.717, 1.165) is 16.7 Å². The highest BCUT2D eigenvalue weighted by Gasteiger charge is 2.16. The van der Waals surface area contributed by atoms with E-state index in [1.165, 1.54) is 5.56 Å². The minimum Gasteiger partial charge on any atom is -0.454 e. The SMILES string of the molecule is Cc1ccc([C@H](C)NC(=O)COC(=O)CNC(=O)c2ccc(C(C)(C)C)cc2)cc1C. The second-order valence-corrected chi connectivity index (χ2v) is 8.80. The van der Waals surface area contributed by atoms with Crippen LogP contribution in [0, 0.1) is 13.8 Å². The fourth-order valence-corrected chi connectivity index (χ4v) is 2.97. The monoisotopic (exact) mass is 424 g/mol. The maximum absolute atomic E-state index is 12.2. The van der Waals surface area contributed by atoms with Gasteiger partial charge in [-0.3, -0.25) is 14.4 Å². The number of aryl methyl sites for hydroxylation is 2. The minimum atomic E-state index is -0.673. The van der Waals surface area contributed by atoms with Gasteiger partial charge < -0.3 is 15.4 Å². The Labute approximate surface area is 184 Å². The molecule has 2 N–H and O–H groups in total. The van der Waals surface area contributed by atoms with Crippen LogP contribution in [0.1, 0.15) is 66.3 Å². The lowest BCUT2D eigenvalue weighted by Gasteiger charge is -2.19. The van der Waals surface area contributed by atoms with Gasteiger partial charge in [0.05, 0.1) is 6.04 Å². The summed E-state index contributed by atoms with van der Waals surface area (Å²) in [5, 5.41) is 5.32. The lowest BCUT2D eigenvalue weighted by Crippen LogP contribution is -2.34. The van der Waals surface area contributed by atoms with Crippen molar-refractivity contribution in [2.24, 2.45) is 0 Å². The number of hydrogen-bond donors (Lipinski definition) is 2. The summed E-state index contributed by atoms with van der Waals surface area (Å²) in [5.41, 5.74) is 4.88. The number of esters is 1. The van der Waals surface area contributed by atoms with Crippen molar-refractivity contribution >= 4 is 17.8 Å². The molecule has 166 valence electrons. The summed E-state index contributed by atoms with van der Waals surface area (Å²) in [6.45, 7) is 11.5. The fraction of sp³-hybridized carbons (Fsp3) is 0.400. The van der Waals surface area contributed by atoms with Crippen molar-refractivity contribution in [2.75, 3.05) is 13.2 Å². The van der Waals surface area contributed by atoms with Gasteiger partial charge in [0, 0.05) is 5.56 Å². The molecule has 0 spiro atoms. The molecule has 0 saturated carbocycles. The number of carbonyl (C=O) groups is 3. The van der Waals surface area contributed by atoms with Crippen LogP contribution in [0.15, 0.2) is 42.5 Å². The van der Waals surface area contributed by atoms with E-state index in [1.54, 1.807) is 12.1 Å². The number of hydrogen-bond acceptors (Lipinski definition) is 4. The highest BCUT2D eigenvalue weighted by atomic mass is 16.5. The summed E-state index contributed by atoms with van der Waals surface area (Å²) in [7, 11) is 0. The summed E-state index contributed by atoms with van der Waals surface area (Å²) in [6, 6.07) is 13.0. The van der Waals surface area contributed by atoms with Crippen LogP contribution >= 0.6 is 0 Å². The lowest BCUT2D eigenvalue weighted by atomic mass is 9.87. The average molecular weight is 425 g/mol. The average Bonchev–Trinajstić information content (AvgIpc) is 2.71. The molecule has 2 amide bonds. The van der Waals surface area contributed by atoms with E-state index in [2.05, 4.69) is 31.4 Å². The van der Waals surface area contributed by atoms with Crippen LogP contribution in [0.25, 0.3) is 0 Å². The van der Waals surface area contributed by atoms with Crippen molar-refractivity contribution in [3.8, 4) is 0 Å². The molecule has 2 rings (SSSR count). The first-order valence-electron chi connectivity index (χ1n) is 10.4. The number of ether oxygens (including phenoxy) is 1. The molecule has 6 heteroatoms. The Bertz CT molecular complexity index is 943. The van der Waals surface area contributed by atoms with Gasteiger partial charge in [-0.2, -0.15) is 0 Å². The molecule has 1 atom stereocenters. The van der Waals surface area contributed by atoms with Crippen molar-refractivity contribution < 1.29 is 19.1 Å². The minimum absolute atomic E-state index is 0.00480. The second kappa shape index (κ2) is 10.2. The number of nitrogens with one attached hydrogen (secondary N) is 2. The molecule has 0 aliphatic rings. The molecule has 0 saturated heterocycles. The summed E-state index contributed by atoms with van der Waals surface area (Å²) in [5.74, 6) is -1.44. The zero-order valence-electron chi connectivity index (χ0n) is 19.2. The number of carbonyl (C=O) groups excluding carboxylic acids is 3. The van der Waals surface area contributed by atoms with E-state index in [-0.39, 0.29) is 23.9 Å². The molecule has 6 nitrogen and oxygen atoms in total. The van der Waals surface area contributed by atoms with E-state index in [0.29, 0.717) is 5.56 Å². The zero-order valence-corrected chi connectivity index (χ0v) is 19.2. The summed E-state index contributed by atoms with van der Waals surface area (Å²) >= 11 is 0. The number of benzene rings is 2. The van der Waals surface area contributed by atoms with Gasteiger partial charge in [0.1, 0.15) is 6.54 Å². The first-order chi connectivity index (χ1) is 14.5. The van der Waals surface area contributed by atoms with Gasteiger partial charge >= 0.3 is 5.97 Å². The third kappa shape index (κ3) is 7.24. The van der Waals surface area contributed by atoms with Crippen molar-refractivity contribution in [2.45, 2.75) is 53.0 Å². The standard InChI is InChI=1S/C25H32N2O4/c1-16-7-8-20(13-17(16)2)18(3)27-22(28)15-31-23(29)14-26-24(30)19-9-11-21(12-10-19)25(4,5)6/h7-13,18H,14-15H2,1-6H3,(H,26,30)(H,27,28)/t18-/m0/s1. The smallest absolute Gasteiger partial charge is 0.325 e. The van der Waals surface area contributed by atoms with Crippen LogP contribution in [-0.2, 0) is 19.7 Å². The molecule has 0 unspecified atom stereocenters. The topological polar surface area (TPSA) is 84.5 Å². The number of amides is 2. The van der Waals surface area contributed by atoms with Crippen molar-refractivity contribution in [3.63, 3.8) is 0 Å². The van der Waals surface area contributed by atoms with Crippen LogP contribution in [-0.4, -0.2) is 30.9 Å². The van der Waals surface area contributed by atoms with Gasteiger partial charge in [0.2, 0.25) is 0 Å². The van der Waals surface area contributed by atoms with E-state index < -0.39 is 18.5 Å². The largest absolute Gasteiger partial charge is 0.454 e. The molecule has 0 aliphatic carbocycles. The second-order valence-electron chi connectivity index (χ2n) is 8.80. The Morgan fingerprint density at radius 3 is 2.19 bits per heavy atom. The van der Waals surface area contributed by atoms with E-state index in [9.17, 15) is 14.4 Å². The van der Waals surface area contributed by atoms with Crippen molar-refractivity contribution in [1.29, 1.82) is 0 Å². The molecule has 0 aliphatic heterocycles. The van der Waals surface area contributed by atoms with Crippen LogP contribution in [0.4, 0.5) is 0 Å². The first-order valence-corrected chi connectivity index (χ1v) is 10.4. The molecule has 0 aromatic heterocycles.